The molecule has 2 N–H and O–H groups in total. The van der Waals surface area contributed by atoms with Gasteiger partial charge < -0.3 is 10.4 Å². The zero-order chi connectivity index (χ0) is 14.9. The van der Waals surface area contributed by atoms with Gasteiger partial charge in [-0.05, 0) is 24.3 Å². The quantitative estimate of drug-likeness (QED) is 0.831. The first-order chi connectivity index (χ1) is 9.38. The van der Waals surface area contributed by atoms with Gasteiger partial charge in [-0.3, -0.25) is 4.79 Å². The smallest absolute Gasteiger partial charge is 0.255 e. The molecule has 0 saturated carbocycles. The SMILES string of the molecule is O=C(Nc1ccc(Cl)c(O)c1)c1cc(F)c(F)c(F)c1. The van der Waals surface area contributed by atoms with Crippen LogP contribution in [0.2, 0.25) is 5.02 Å². The van der Waals surface area contributed by atoms with Crippen molar-refractivity contribution >= 4 is 23.2 Å². The molecule has 0 unspecified atom stereocenters. The number of aromatic hydroxyl groups is 1. The molecule has 0 aliphatic heterocycles. The second-order valence-corrected chi connectivity index (χ2v) is 4.28. The third-order valence-corrected chi connectivity index (χ3v) is 2.77. The molecule has 0 heterocycles. The van der Waals surface area contributed by atoms with Crippen LogP contribution in [-0.4, -0.2) is 11.0 Å². The number of rotatable bonds is 2. The van der Waals surface area contributed by atoms with Gasteiger partial charge >= 0.3 is 0 Å². The van der Waals surface area contributed by atoms with Gasteiger partial charge in [0, 0.05) is 17.3 Å². The van der Waals surface area contributed by atoms with E-state index in [1.165, 1.54) is 12.1 Å². The number of hydrogen-bond donors (Lipinski definition) is 2. The molecule has 0 fully saturated rings. The second-order valence-electron chi connectivity index (χ2n) is 3.87. The van der Waals surface area contributed by atoms with E-state index >= 15 is 0 Å². The van der Waals surface area contributed by atoms with Gasteiger partial charge in [0.05, 0.1) is 5.02 Å². The van der Waals surface area contributed by atoms with E-state index in [9.17, 15) is 23.1 Å². The van der Waals surface area contributed by atoms with Crippen LogP contribution in [-0.2, 0) is 0 Å². The summed E-state index contributed by atoms with van der Waals surface area (Å²) in [5.41, 5.74) is -0.224. The van der Waals surface area contributed by atoms with Gasteiger partial charge in [0.15, 0.2) is 17.5 Å². The molecule has 0 aromatic heterocycles. The molecule has 2 rings (SSSR count). The van der Waals surface area contributed by atoms with Gasteiger partial charge in [-0.15, -0.1) is 0 Å². The summed E-state index contributed by atoms with van der Waals surface area (Å²) >= 11 is 5.59. The number of phenolic OH excluding ortho intramolecular Hbond substituents is 1. The maximum atomic E-state index is 13.0. The predicted molar refractivity (Wildman–Crippen MR) is 67.4 cm³/mol. The standard InChI is InChI=1S/C13H7ClF3NO2/c14-8-2-1-7(5-11(8)19)18-13(20)6-3-9(15)12(17)10(16)4-6/h1-5,19H,(H,18,20). The highest BCUT2D eigenvalue weighted by molar-refractivity contribution is 6.32. The van der Waals surface area contributed by atoms with Gasteiger partial charge in [0.1, 0.15) is 5.75 Å². The van der Waals surface area contributed by atoms with E-state index in [2.05, 4.69) is 5.32 Å². The number of nitrogens with one attached hydrogen (secondary N) is 1. The van der Waals surface area contributed by atoms with E-state index in [4.69, 9.17) is 11.6 Å². The van der Waals surface area contributed by atoms with Crippen molar-refractivity contribution in [2.24, 2.45) is 0 Å². The normalized spacial score (nSPS) is 10.4. The Bertz CT molecular complexity index is 668. The number of benzene rings is 2. The van der Waals surface area contributed by atoms with Crippen LogP contribution in [0.1, 0.15) is 10.4 Å². The highest BCUT2D eigenvalue weighted by atomic mass is 35.5. The lowest BCUT2D eigenvalue weighted by Crippen LogP contribution is -2.13. The fraction of sp³-hybridized carbons (Fsp3) is 0. The summed E-state index contributed by atoms with van der Waals surface area (Å²) in [5, 5.41) is 11.7. The third kappa shape index (κ3) is 2.85. The van der Waals surface area contributed by atoms with E-state index in [0.717, 1.165) is 6.07 Å². The Hall–Kier alpha value is -2.21. The molecule has 0 bridgehead atoms. The van der Waals surface area contributed by atoms with Crippen molar-refractivity contribution in [2.75, 3.05) is 5.32 Å². The molecule has 2 aromatic rings. The Morgan fingerprint density at radius 3 is 2.25 bits per heavy atom. The largest absolute Gasteiger partial charge is 0.506 e. The number of hydrogen-bond acceptors (Lipinski definition) is 2. The molecular weight excluding hydrogens is 295 g/mol. The first kappa shape index (κ1) is 14.2. The lowest BCUT2D eigenvalue weighted by Gasteiger charge is -2.07. The van der Waals surface area contributed by atoms with E-state index in [0.29, 0.717) is 12.1 Å². The highest BCUT2D eigenvalue weighted by Gasteiger charge is 2.15. The Labute approximate surface area is 116 Å². The topological polar surface area (TPSA) is 49.3 Å². The van der Waals surface area contributed by atoms with Crippen LogP contribution in [0.15, 0.2) is 30.3 Å². The van der Waals surface area contributed by atoms with E-state index in [1.807, 2.05) is 0 Å². The fourth-order valence-electron chi connectivity index (χ4n) is 1.48. The molecule has 7 heteroatoms. The van der Waals surface area contributed by atoms with Crippen molar-refractivity contribution in [3.8, 4) is 5.75 Å². The van der Waals surface area contributed by atoms with Crippen LogP contribution < -0.4 is 5.32 Å². The second kappa shape index (κ2) is 5.42. The Balaban J connectivity index is 2.26. The summed E-state index contributed by atoms with van der Waals surface area (Å²) in [4.78, 5) is 11.7. The molecule has 1 amide bonds. The molecule has 104 valence electrons. The maximum Gasteiger partial charge on any atom is 0.255 e. The monoisotopic (exact) mass is 301 g/mol. The van der Waals surface area contributed by atoms with E-state index < -0.39 is 28.9 Å². The molecule has 2 aromatic carbocycles. The van der Waals surface area contributed by atoms with Crippen molar-refractivity contribution in [2.45, 2.75) is 0 Å². The summed E-state index contributed by atoms with van der Waals surface area (Å²) in [6.07, 6.45) is 0. The van der Waals surface area contributed by atoms with Crippen molar-refractivity contribution in [1.82, 2.24) is 0 Å². The van der Waals surface area contributed by atoms with Crippen LogP contribution in [0.3, 0.4) is 0 Å². The molecule has 0 saturated heterocycles. The average Bonchev–Trinajstić information content (AvgIpc) is 2.39. The van der Waals surface area contributed by atoms with Gasteiger partial charge in [-0.25, -0.2) is 13.2 Å². The van der Waals surface area contributed by atoms with Crippen molar-refractivity contribution < 1.29 is 23.1 Å². The van der Waals surface area contributed by atoms with Gasteiger partial charge in [-0.1, -0.05) is 11.6 Å². The maximum absolute atomic E-state index is 13.0. The zero-order valence-electron chi connectivity index (χ0n) is 9.75. The summed E-state index contributed by atoms with van der Waals surface area (Å²) in [7, 11) is 0. The minimum atomic E-state index is -1.65. The molecule has 0 spiro atoms. The summed E-state index contributed by atoms with van der Waals surface area (Å²) < 4.78 is 38.8. The van der Waals surface area contributed by atoms with Crippen LogP contribution in [0.25, 0.3) is 0 Å². The van der Waals surface area contributed by atoms with Gasteiger partial charge in [0.2, 0.25) is 0 Å². The number of halogens is 4. The minimum Gasteiger partial charge on any atom is -0.506 e. The number of carbonyl (C=O) groups excluding carboxylic acids is 1. The number of carbonyl (C=O) groups is 1. The first-order valence-corrected chi connectivity index (χ1v) is 5.70. The van der Waals surface area contributed by atoms with Crippen molar-refractivity contribution in [3.05, 3.63) is 58.4 Å². The summed E-state index contributed by atoms with van der Waals surface area (Å²) in [5.74, 6) is -5.70. The Morgan fingerprint density at radius 1 is 1.10 bits per heavy atom. The summed E-state index contributed by atoms with van der Waals surface area (Å²) in [6.45, 7) is 0. The Kier molecular flexibility index (Phi) is 3.85. The number of anilines is 1. The van der Waals surface area contributed by atoms with Gasteiger partial charge in [0.25, 0.3) is 5.91 Å². The average molecular weight is 302 g/mol. The highest BCUT2D eigenvalue weighted by Crippen LogP contribution is 2.26. The van der Waals surface area contributed by atoms with E-state index in [-0.39, 0.29) is 16.5 Å². The third-order valence-electron chi connectivity index (χ3n) is 2.45. The van der Waals surface area contributed by atoms with Crippen LogP contribution in [0.5, 0.6) is 5.75 Å². The first-order valence-electron chi connectivity index (χ1n) is 5.33. The van der Waals surface area contributed by atoms with Crippen molar-refractivity contribution in [3.63, 3.8) is 0 Å². The van der Waals surface area contributed by atoms with Crippen LogP contribution in [0, 0.1) is 17.5 Å². The molecule has 3 nitrogen and oxygen atoms in total. The number of amides is 1. The van der Waals surface area contributed by atoms with Gasteiger partial charge in [-0.2, -0.15) is 0 Å². The Morgan fingerprint density at radius 2 is 1.70 bits per heavy atom. The molecule has 0 radical (unpaired) electrons. The van der Waals surface area contributed by atoms with Crippen LogP contribution in [0.4, 0.5) is 18.9 Å². The molecular formula is C13H7ClF3NO2. The summed E-state index contributed by atoms with van der Waals surface area (Å²) in [6, 6.07) is 5.03. The predicted octanol–water partition coefficient (Wildman–Crippen LogP) is 3.72. The van der Waals surface area contributed by atoms with E-state index in [1.54, 1.807) is 0 Å². The molecule has 0 atom stereocenters. The molecule has 0 aliphatic rings. The molecule has 20 heavy (non-hydrogen) atoms. The minimum absolute atomic E-state index is 0.0851. The van der Waals surface area contributed by atoms with Crippen molar-refractivity contribution in [1.29, 1.82) is 0 Å². The zero-order valence-corrected chi connectivity index (χ0v) is 10.5. The molecule has 0 aliphatic carbocycles. The lowest BCUT2D eigenvalue weighted by atomic mass is 10.2. The fourth-order valence-corrected chi connectivity index (χ4v) is 1.60. The number of phenols is 1. The van der Waals surface area contributed by atoms with Crippen LogP contribution >= 0.6 is 11.6 Å². The lowest BCUT2D eigenvalue weighted by molar-refractivity contribution is 0.102.